The molecule has 4 rings (SSSR count). The van der Waals surface area contributed by atoms with Gasteiger partial charge in [-0.15, -0.1) is 11.3 Å². The maximum atomic E-state index is 13.1. The van der Waals surface area contributed by atoms with Gasteiger partial charge in [0.05, 0.1) is 10.9 Å². The van der Waals surface area contributed by atoms with Gasteiger partial charge in [0, 0.05) is 33.6 Å². The maximum Gasteiger partial charge on any atom is 0.255 e. The Kier molecular flexibility index (Phi) is 5.86. The highest BCUT2D eigenvalue weighted by molar-refractivity contribution is 7.89. The smallest absolute Gasteiger partial charge is 0.255 e. The normalized spacial score (nSPS) is 12.6. The average molecular weight is 452 g/mol. The van der Waals surface area contributed by atoms with Crippen molar-refractivity contribution in [2.75, 3.05) is 5.32 Å². The Morgan fingerprint density at radius 1 is 1.00 bits per heavy atom. The molecule has 0 saturated heterocycles. The van der Waals surface area contributed by atoms with Gasteiger partial charge in [0.15, 0.2) is 0 Å². The third-order valence-electron chi connectivity index (χ3n) is 4.97. The zero-order valence-corrected chi connectivity index (χ0v) is 18.6. The molecule has 0 fully saturated rings. The van der Waals surface area contributed by atoms with Gasteiger partial charge >= 0.3 is 0 Å². The minimum Gasteiger partial charge on any atom is -0.321 e. The van der Waals surface area contributed by atoms with E-state index in [1.54, 1.807) is 48.8 Å². The number of nitrogens with one attached hydrogen (secondary N) is 2. The highest BCUT2D eigenvalue weighted by Gasteiger charge is 2.23. The molecule has 0 radical (unpaired) electrons. The number of fused-ring (bicyclic) bond motifs is 1. The number of nitrogens with zero attached hydrogens (tertiary/aromatic N) is 1. The van der Waals surface area contributed by atoms with Crippen LogP contribution in [0.25, 0.3) is 10.8 Å². The molecule has 158 valence electrons. The Bertz CT molecular complexity index is 1350. The predicted molar refractivity (Wildman–Crippen MR) is 124 cm³/mol. The second-order valence-corrected chi connectivity index (χ2v) is 9.75. The molecule has 0 bridgehead atoms. The number of benzene rings is 3. The van der Waals surface area contributed by atoms with E-state index < -0.39 is 16.1 Å². The van der Waals surface area contributed by atoms with E-state index in [0.29, 0.717) is 27.0 Å². The lowest BCUT2D eigenvalue weighted by Crippen LogP contribution is -2.27. The number of aryl methyl sites for hydroxylation is 1. The molecule has 2 N–H and O–H groups in total. The van der Waals surface area contributed by atoms with Crippen LogP contribution in [-0.2, 0) is 10.0 Å². The largest absolute Gasteiger partial charge is 0.321 e. The van der Waals surface area contributed by atoms with E-state index in [0.717, 1.165) is 5.56 Å². The lowest BCUT2D eigenvalue weighted by atomic mass is 10.1. The van der Waals surface area contributed by atoms with Crippen molar-refractivity contribution in [1.82, 2.24) is 9.71 Å². The fraction of sp³-hybridized carbons (Fsp3) is 0.130. The maximum absolute atomic E-state index is 13.1. The minimum absolute atomic E-state index is 0.153. The van der Waals surface area contributed by atoms with Gasteiger partial charge in [0.2, 0.25) is 10.0 Å². The second kappa shape index (κ2) is 8.58. The molecule has 31 heavy (non-hydrogen) atoms. The number of rotatable bonds is 6. The predicted octanol–water partition coefficient (Wildman–Crippen LogP) is 4.90. The highest BCUT2D eigenvalue weighted by Crippen LogP contribution is 2.31. The number of thiazole rings is 1. The van der Waals surface area contributed by atoms with Crippen molar-refractivity contribution < 1.29 is 13.2 Å². The third kappa shape index (κ3) is 4.36. The van der Waals surface area contributed by atoms with Crippen LogP contribution in [0.5, 0.6) is 0 Å². The first-order valence-electron chi connectivity index (χ1n) is 9.67. The summed E-state index contributed by atoms with van der Waals surface area (Å²) in [5.74, 6) is -0.241. The standard InChI is InChI=1S/C23H21N3O3S2/c1-15-7-3-4-8-17(15)22(27)25-20-11-12-21(19-10-6-5-9-18(19)20)31(28,29)26-16(2)23-24-13-14-30-23/h3-14,16,26H,1-2H3,(H,25,27). The molecule has 0 saturated carbocycles. The van der Waals surface area contributed by atoms with Crippen LogP contribution in [0.4, 0.5) is 5.69 Å². The van der Waals surface area contributed by atoms with Gasteiger partial charge in [-0.05, 0) is 37.6 Å². The van der Waals surface area contributed by atoms with Crippen LogP contribution in [0, 0.1) is 6.92 Å². The molecule has 0 aliphatic rings. The van der Waals surface area contributed by atoms with Gasteiger partial charge in [-0.1, -0.05) is 42.5 Å². The minimum atomic E-state index is -3.81. The van der Waals surface area contributed by atoms with Crippen molar-refractivity contribution >= 4 is 43.7 Å². The Morgan fingerprint density at radius 2 is 1.71 bits per heavy atom. The summed E-state index contributed by atoms with van der Waals surface area (Å²) in [5.41, 5.74) is 1.99. The van der Waals surface area contributed by atoms with Gasteiger partial charge in [0.25, 0.3) is 5.91 Å². The number of hydrogen-bond acceptors (Lipinski definition) is 5. The molecular weight excluding hydrogens is 430 g/mol. The molecule has 0 aliphatic carbocycles. The molecule has 0 aliphatic heterocycles. The molecule has 1 aromatic heterocycles. The first-order valence-corrected chi connectivity index (χ1v) is 12.0. The lowest BCUT2D eigenvalue weighted by molar-refractivity contribution is 0.102. The summed E-state index contributed by atoms with van der Waals surface area (Å²) in [7, 11) is -3.81. The van der Waals surface area contributed by atoms with Gasteiger partial charge in [-0.2, -0.15) is 0 Å². The van der Waals surface area contributed by atoms with Crippen molar-refractivity contribution in [1.29, 1.82) is 0 Å². The van der Waals surface area contributed by atoms with Crippen LogP contribution in [0.15, 0.2) is 77.1 Å². The Balaban J connectivity index is 1.70. The number of carbonyl (C=O) groups is 1. The van der Waals surface area contributed by atoms with E-state index in [4.69, 9.17) is 0 Å². The van der Waals surface area contributed by atoms with Crippen LogP contribution >= 0.6 is 11.3 Å². The lowest BCUT2D eigenvalue weighted by Gasteiger charge is -2.16. The van der Waals surface area contributed by atoms with Crippen LogP contribution in [0.2, 0.25) is 0 Å². The monoisotopic (exact) mass is 451 g/mol. The van der Waals surface area contributed by atoms with Crippen LogP contribution in [0.1, 0.15) is 33.9 Å². The quantitative estimate of drug-likeness (QED) is 0.437. The van der Waals surface area contributed by atoms with E-state index in [2.05, 4.69) is 15.0 Å². The molecule has 0 spiro atoms. The van der Waals surface area contributed by atoms with E-state index in [1.165, 1.54) is 17.4 Å². The Morgan fingerprint density at radius 3 is 2.42 bits per heavy atom. The summed E-state index contributed by atoms with van der Waals surface area (Å²) >= 11 is 1.39. The summed E-state index contributed by atoms with van der Waals surface area (Å²) in [4.78, 5) is 17.1. The summed E-state index contributed by atoms with van der Waals surface area (Å²) in [6, 6.07) is 17.1. The summed E-state index contributed by atoms with van der Waals surface area (Å²) in [6.45, 7) is 3.63. The van der Waals surface area contributed by atoms with Crippen LogP contribution in [0.3, 0.4) is 0 Å². The third-order valence-corrected chi connectivity index (χ3v) is 7.52. The summed E-state index contributed by atoms with van der Waals surface area (Å²) in [5, 5.41) is 6.60. The molecule has 3 aromatic carbocycles. The van der Waals surface area contributed by atoms with E-state index >= 15 is 0 Å². The van der Waals surface area contributed by atoms with Gasteiger partial charge < -0.3 is 5.32 Å². The van der Waals surface area contributed by atoms with E-state index in [-0.39, 0.29) is 10.8 Å². The zero-order valence-electron chi connectivity index (χ0n) is 17.0. The van der Waals surface area contributed by atoms with Gasteiger partial charge in [0.1, 0.15) is 5.01 Å². The van der Waals surface area contributed by atoms with Crippen LogP contribution in [-0.4, -0.2) is 19.3 Å². The highest BCUT2D eigenvalue weighted by atomic mass is 32.2. The molecule has 1 heterocycles. The first-order chi connectivity index (χ1) is 14.9. The summed E-state index contributed by atoms with van der Waals surface area (Å²) in [6.07, 6.45) is 1.64. The number of aromatic nitrogens is 1. The average Bonchev–Trinajstić information content (AvgIpc) is 3.29. The number of carbonyl (C=O) groups excluding carboxylic acids is 1. The molecule has 1 amide bonds. The van der Waals surface area contributed by atoms with Crippen molar-refractivity contribution in [2.24, 2.45) is 0 Å². The number of sulfonamides is 1. The van der Waals surface area contributed by atoms with Gasteiger partial charge in [-0.25, -0.2) is 18.1 Å². The SMILES string of the molecule is Cc1ccccc1C(=O)Nc1ccc(S(=O)(=O)NC(C)c2nccs2)c2ccccc12. The van der Waals surface area contributed by atoms with Crippen molar-refractivity contribution in [2.45, 2.75) is 24.8 Å². The molecule has 1 unspecified atom stereocenters. The molecule has 8 heteroatoms. The second-order valence-electron chi connectivity index (χ2n) is 7.14. The summed E-state index contributed by atoms with van der Waals surface area (Å²) < 4.78 is 29.0. The zero-order chi connectivity index (χ0) is 22.0. The molecule has 1 atom stereocenters. The van der Waals surface area contributed by atoms with Gasteiger partial charge in [-0.3, -0.25) is 4.79 Å². The first kappa shape index (κ1) is 21.2. The fourth-order valence-corrected chi connectivity index (χ4v) is 5.57. The van der Waals surface area contributed by atoms with Crippen molar-refractivity contribution in [3.63, 3.8) is 0 Å². The Labute approximate surface area is 185 Å². The molecular formula is C23H21N3O3S2. The molecule has 6 nitrogen and oxygen atoms in total. The number of amides is 1. The number of hydrogen-bond donors (Lipinski definition) is 2. The van der Waals surface area contributed by atoms with Crippen LogP contribution < -0.4 is 10.0 Å². The number of anilines is 1. The fourth-order valence-electron chi connectivity index (χ4n) is 3.43. The van der Waals surface area contributed by atoms with Crippen molar-refractivity contribution in [3.05, 3.63) is 88.4 Å². The molecule has 4 aromatic rings. The Hall–Kier alpha value is -3.07. The van der Waals surface area contributed by atoms with Crippen molar-refractivity contribution in [3.8, 4) is 0 Å². The van der Waals surface area contributed by atoms with E-state index in [1.807, 2.05) is 31.2 Å². The van der Waals surface area contributed by atoms with E-state index in [9.17, 15) is 13.2 Å². The topological polar surface area (TPSA) is 88.2 Å².